The quantitative estimate of drug-likeness (QED) is 0.141. The molecule has 0 unspecified atom stereocenters. The highest BCUT2D eigenvalue weighted by molar-refractivity contribution is 6.74. The Bertz CT molecular complexity index is 1760. The van der Waals surface area contributed by atoms with Gasteiger partial charge >= 0.3 is 5.97 Å². The maximum atomic E-state index is 13.6. The molecule has 3 heterocycles. The molecule has 0 saturated carbocycles. The molecule has 0 amide bonds. The Labute approximate surface area is 276 Å². The van der Waals surface area contributed by atoms with Crippen LogP contribution >= 0.6 is 0 Å². The second-order valence-electron chi connectivity index (χ2n) is 15.1. The molecule has 0 aliphatic carbocycles. The predicted molar refractivity (Wildman–Crippen MR) is 190 cm³/mol. The number of carbonyl (C=O) groups excluding carboxylic acids is 1. The van der Waals surface area contributed by atoms with Crippen LogP contribution < -0.4 is 4.90 Å². The van der Waals surface area contributed by atoms with Gasteiger partial charge in [0, 0.05) is 29.7 Å². The topological polar surface area (TPSA) is 65.8 Å². The number of hydrogen-bond donors (Lipinski definition) is 0. The molecule has 0 spiro atoms. The van der Waals surface area contributed by atoms with Crippen molar-refractivity contribution in [1.82, 2.24) is 9.55 Å². The number of aromatic nitrogens is 2. The molecule has 1 aliphatic rings. The Balaban J connectivity index is 1.75. The van der Waals surface area contributed by atoms with Gasteiger partial charge in [-0.25, -0.2) is 9.78 Å². The SMILES string of the molecule is COC(=O)[C@@H](OC(C)(C)C)c1c(C)c2c3c(cc(C)n3CCN2c2cccc(CO[Si](C)(C)C(C)(C)C)n2)c1-c1ccc(C)cc1. The van der Waals surface area contributed by atoms with Crippen LogP contribution in [0.5, 0.6) is 0 Å². The van der Waals surface area contributed by atoms with Crippen LogP contribution in [0.1, 0.15) is 75.7 Å². The molecule has 0 radical (unpaired) electrons. The highest BCUT2D eigenvalue weighted by Gasteiger charge is 2.38. The molecule has 7 nitrogen and oxygen atoms in total. The van der Waals surface area contributed by atoms with Crippen molar-refractivity contribution in [2.24, 2.45) is 0 Å². The fraction of sp³-hybridized carbons (Fsp3) is 0.474. The predicted octanol–water partition coefficient (Wildman–Crippen LogP) is 9.33. The van der Waals surface area contributed by atoms with Crippen LogP contribution in [-0.2, 0) is 31.8 Å². The lowest BCUT2D eigenvalue weighted by molar-refractivity contribution is -0.164. The van der Waals surface area contributed by atoms with Gasteiger partial charge < -0.3 is 23.4 Å². The van der Waals surface area contributed by atoms with E-state index in [-0.39, 0.29) is 5.04 Å². The van der Waals surface area contributed by atoms with Gasteiger partial charge in [-0.05, 0) is 94.6 Å². The molecule has 5 rings (SSSR count). The van der Waals surface area contributed by atoms with Crippen LogP contribution in [0.25, 0.3) is 22.0 Å². The standard InChI is InChI=1S/C38H51N3O4Si/c1-24-16-18-27(19-17-24)32-29-22-25(2)40-20-21-41(30-15-13-14-28(39-30)23-44-46(11,12)38(7,8)9)33(34(29)40)26(3)31(32)35(36(42)43-10)45-37(4,5)6/h13-19,22,35H,20-21,23H2,1-12H3/t35-/m0/s1. The Morgan fingerprint density at radius 1 is 0.978 bits per heavy atom. The molecule has 0 bridgehead atoms. The van der Waals surface area contributed by atoms with E-state index in [0.29, 0.717) is 6.61 Å². The average molecular weight is 642 g/mol. The van der Waals surface area contributed by atoms with Crippen molar-refractivity contribution in [3.8, 4) is 11.1 Å². The fourth-order valence-corrected chi connectivity index (χ4v) is 7.07. The van der Waals surface area contributed by atoms with Gasteiger partial charge in [0.25, 0.3) is 0 Å². The monoisotopic (exact) mass is 641 g/mol. The van der Waals surface area contributed by atoms with E-state index in [1.165, 1.54) is 18.4 Å². The highest BCUT2D eigenvalue weighted by Crippen LogP contribution is 2.49. The summed E-state index contributed by atoms with van der Waals surface area (Å²) < 4.78 is 20.9. The normalized spacial score (nSPS) is 14.6. The minimum Gasteiger partial charge on any atom is -0.467 e. The van der Waals surface area contributed by atoms with E-state index in [1.807, 2.05) is 26.8 Å². The van der Waals surface area contributed by atoms with Crippen molar-refractivity contribution in [3.63, 3.8) is 0 Å². The lowest BCUT2D eigenvalue weighted by Gasteiger charge is -2.36. The molecular formula is C38H51N3O4Si. The smallest absolute Gasteiger partial charge is 0.339 e. The second kappa shape index (κ2) is 12.3. The van der Waals surface area contributed by atoms with Crippen molar-refractivity contribution in [2.75, 3.05) is 18.6 Å². The summed E-state index contributed by atoms with van der Waals surface area (Å²) in [6.45, 7) is 25.6. The van der Waals surface area contributed by atoms with Gasteiger partial charge in [-0.2, -0.15) is 0 Å². The summed E-state index contributed by atoms with van der Waals surface area (Å²) in [6.07, 6.45) is -0.924. The van der Waals surface area contributed by atoms with E-state index in [1.54, 1.807) is 0 Å². The first-order chi connectivity index (χ1) is 21.4. The van der Waals surface area contributed by atoms with Crippen LogP contribution in [0.3, 0.4) is 0 Å². The van der Waals surface area contributed by atoms with Gasteiger partial charge in [0.2, 0.25) is 0 Å². The fourth-order valence-electron chi connectivity index (χ4n) is 6.13. The third-order valence-electron chi connectivity index (χ3n) is 9.59. The van der Waals surface area contributed by atoms with Gasteiger partial charge in [0.05, 0.1) is 36.2 Å². The summed E-state index contributed by atoms with van der Waals surface area (Å²) >= 11 is 0. The van der Waals surface area contributed by atoms with Crippen LogP contribution in [0.15, 0.2) is 48.5 Å². The minimum atomic E-state index is -1.95. The Hall–Kier alpha value is -3.46. The Kier molecular flexibility index (Phi) is 9.05. The van der Waals surface area contributed by atoms with Crippen LogP contribution in [0, 0.1) is 20.8 Å². The molecule has 2 aromatic heterocycles. The number of benzene rings is 2. The largest absolute Gasteiger partial charge is 0.467 e. The zero-order chi connectivity index (χ0) is 33.8. The summed E-state index contributed by atoms with van der Waals surface area (Å²) in [5.74, 6) is 0.450. The van der Waals surface area contributed by atoms with Crippen LogP contribution in [0.4, 0.5) is 11.5 Å². The summed E-state index contributed by atoms with van der Waals surface area (Å²) in [6, 6.07) is 17.0. The molecular weight excluding hydrogens is 591 g/mol. The highest BCUT2D eigenvalue weighted by atomic mass is 28.4. The number of hydrogen-bond acceptors (Lipinski definition) is 6. The number of nitrogens with zero attached hydrogens (tertiary/aromatic N) is 3. The summed E-state index contributed by atoms with van der Waals surface area (Å²) in [5.41, 5.74) is 8.71. The molecule has 2 aromatic carbocycles. The second-order valence-corrected chi connectivity index (χ2v) is 20.0. The van der Waals surface area contributed by atoms with Crippen LogP contribution in [0.2, 0.25) is 18.1 Å². The molecule has 1 aliphatic heterocycles. The van der Waals surface area contributed by atoms with Crippen molar-refractivity contribution < 1.29 is 18.7 Å². The van der Waals surface area contributed by atoms with Crippen molar-refractivity contribution in [1.29, 1.82) is 0 Å². The van der Waals surface area contributed by atoms with E-state index in [4.69, 9.17) is 18.9 Å². The number of methoxy groups -OCH3 is 1. The molecule has 0 saturated heterocycles. The maximum absolute atomic E-state index is 13.6. The number of rotatable bonds is 8. The summed E-state index contributed by atoms with van der Waals surface area (Å²) in [7, 11) is -0.519. The molecule has 4 aromatic rings. The number of ether oxygens (including phenoxy) is 2. The first kappa shape index (κ1) is 33.9. The summed E-state index contributed by atoms with van der Waals surface area (Å²) in [4.78, 5) is 21.1. The lowest BCUT2D eigenvalue weighted by Crippen LogP contribution is -2.40. The first-order valence-electron chi connectivity index (χ1n) is 16.3. The average Bonchev–Trinajstić information content (AvgIpc) is 3.32. The number of carbonyl (C=O) groups is 1. The van der Waals surface area contributed by atoms with Crippen molar-refractivity contribution in [2.45, 2.75) is 105 Å². The molecule has 0 N–H and O–H groups in total. The van der Waals surface area contributed by atoms with E-state index < -0.39 is 26.0 Å². The zero-order valence-corrected chi connectivity index (χ0v) is 30.8. The molecule has 246 valence electrons. The number of esters is 1. The Morgan fingerprint density at radius 3 is 2.26 bits per heavy atom. The maximum Gasteiger partial charge on any atom is 0.339 e. The summed E-state index contributed by atoms with van der Waals surface area (Å²) in [5, 5.41) is 1.20. The van der Waals surface area contributed by atoms with E-state index in [0.717, 1.165) is 63.4 Å². The van der Waals surface area contributed by atoms with Gasteiger partial charge in [0.15, 0.2) is 14.4 Å². The Morgan fingerprint density at radius 2 is 1.65 bits per heavy atom. The van der Waals surface area contributed by atoms with Crippen LogP contribution in [-0.4, -0.2) is 43.1 Å². The number of anilines is 2. The third-order valence-corrected chi connectivity index (χ3v) is 14.1. The van der Waals surface area contributed by atoms with Crippen molar-refractivity contribution in [3.05, 3.63) is 76.6 Å². The molecule has 8 heteroatoms. The van der Waals surface area contributed by atoms with Gasteiger partial charge in [-0.1, -0.05) is 56.7 Å². The van der Waals surface area contributed by atoms with Gasteiger partial charge in [-0.15, -0.1) is 0 Å². The van der Waals surface area contributed by atoms with E-state index in [2.05, 4.69) is 107 Å². The molecule has 46 heavy (non-hydrogen) atoms. The minimum absolute atomic E-state index is 0.115. The zero-order valence-electron chi connectivity index (χ0n) is 29.8. The van der Waals surface area contributed by atoms with Gasteiger partial charge in [-0.3, -0.25) is 0 Å². The molecule has 0 fully saturated rings. The number of pyridine rings is 1. The number of aryl methyl sites for hydroxylation is 2. The van der Waals surface area contributed by atoms with Crippen molar-refractivity contribution >= 4 is 36.7 Å². The first-order valence-corrected chi connectivity index (χ1v) is 19.2. The third kappa shape index (κ3) is 6.40. The lowest BCUT2D eigenvalue weighted by atomic mass is 9.86. The molecule has 1 atom stereocenters. The van der Waals surface area contributed by atoms with Gasteiger partial charge in [0.1, 0.15) is 5.82 Å². The van der Waals surface area contributed by atoms with E-state index >= 15 is 0 Å². The van der Waals surface area contributed by atoms with E-state index in [9.17, 15) is 4.79 Å².